The monoisotopic (exact) mass is 220 g/mol. The summed E-state index contributed by atoms with van der Waals surface area (Å²) in [5.41, 5.74) is 1.37. The topological polar surface area (TPSA) is 25.4 Å². The number of hydrogen-bond acceptors (Lipinski definition) is 3. The van der Waals surface area contributed by atoms with E-state index in [0.29, 0.717) is 0 Å². The van der Waals surface area contributed by atoms with Gasteiger partial charge in [0.25, 0.3) is 0 Å². The predicted octanol–water partition coefficient (Wildman–Crippen LogP) is 1.73. The van der Waals surface area contributed by atoms with Crippen molar-refractivity contribution in [2.45, 2.75) is 25.9 Å². The summed E-state index contributed by atoms with van der Waals surface area (Å²) < 4.78 is 5.70. The average molecular weight is 220 g/mol. The summed E-state index contributed by atoms with van der Waals surface area (Å²) in [6.07, 6.45) is 4.82. The molecule has 1 aliphatic rings. The molecule has 3 nitrogen and oxygen atoms in total. The van der Waals surface area contributed by atoms with Crippen LogP contribution >= 0.6 is 0 Å². The van der Waals surface area contributed by atoms with Gasteiger partial charge in [-0.05, 0) is 38.0 Å². The number of hydrogen-bond donors (Lipinski definition) is 0. The van der Waals surface area contributed by atoms with Gasteiger partial charge >= 0.3 is 0 Å². The van der Waals surface area contributed by atoms with Crippen molar-refractivity contribution in [1.29, 1.82) is 0 Å². The van der Waals surface area contributed by atoms with Crippen LogP contribution < -0.4 is 0 Å². The minimum atomic E-state index is 0.0104. The Bertz CT molecular complexity index is 324. The SMILES string of the molecule is CC1(C)CN(CCc2ccncc2)CCO1. The Kier molecular flexibility index (Phi) is 3.56. The normalized spacial score (nSPS) is 20.9. The highest BCUT2D eigenvalue weighted by atomic mass is 16.5. The van der Waals surface area contributed by atoms with E-state index in [1.807, 2.05) is 12.4 Å². The second-order valence-corrected chi connectivity index (χ2v) is 4.99. The molecule has 1 aromatic heterocycles. The van der Waals surface area contributed by atoms with Gasteiger partial charge in [0.2, 0.25) is 0 Å². The molecule has 0 N–H and O–H groups in total. The van der Waals surface area contributed by atoms with Gasteiger partial charge in [-0.2, -0.15) is 0 Å². The summed E-state index contributed by atoms with van der Waals surface area (Å²) in [5, 5.41) is 0. The third-order valence-electron chi connectivity index (χ3n) is 2.97. The van der Waals surface area contributed by atoms with Crippen LogP contribution in [0.1, 0.15) is 19.4 Å². The standard InChI is InChI=1S/C13H20N2O/c1-13(2)11-15(9-10-16-13)8-5-12-3-6-14-7-4-12/h3-4,6-7H,5,8-11H2,1-2H3. The molecule has 1 fully saturated rings. The lowest BCUT2D eigenvalue weighted by Gasteiger charge is -2.38. The van der Waals surface area contributed by atoms with Crippen LogP contribution in [0.3, 0.4) is 0 Å². The quantitative estimate of drug-likeness (QED) is 0.776. The Labute approximate surface area is 97.4 Å². The maximum absolute atomic E-state index is 5.70. The average Bonchev–Trinajstić information content (AvgIpc) is 2.27. The molecule has 0 aromatic carbocycles. The molecule has 0 aliphatic carbocycles. The number of rotatable bonds is 3. The first-order chi connectivity index (χ1) is 7.66. The van der Waals surface area contributed by atoms with Crippen molar-refractivity contribution in [3.63, 3.8) is 0 Å². The third kappa shape index (κ3) is 3.29. The molecule has 0 saturated carbocycles. The van der Waals surface area contributed by atoms with Crippen molar-refractivity contribution in [3.05, 3.63) is 30.1 Å². The smallest absolute Gasteiger partial charge is 0.0753 e. The summed E-state index contributed by atoms with van der Waals surface area (Å²) in [6, 6.07) is 4.18. The van der Waals surface area contributed by atoms with Gasteiger partial charge in [0.1, 0.15) is 0 Å². The molecule has 1 aromatic rings. The lowest BCUT2D eigenvalue weighted by atomic mass is 10.1. The number of nitrogens with zero attached hydrogens (tertiary/aromatic N) is 2. The molecule has 0 amide bonds. The zero-order valence-electron chi connectivity index (χ0n) is 10.1. The maximum Gasteiger partial charge on any atom is 0.0753 e. The lowest BCUT2D eigenvalue weighted by molar-refractivity contribution is -0.0855. The van der Waals surface area contributed by atoms with Gasteiger partial charge in [0.15, 0.2) is 0 Å². The van der Waals surface area contributed by atoms with E-state index in [1.165, 1.54) is 5.56 Å². The summed E-state index contributed by atoms with van der Waals surface area (Å²) in [4.78, 5) is 6.51. The van der Waals surface area contributed by atoms with Crippen molar-refractivity contribution in [3.8, 4) is 0 Å². The number of aromatic nitrogens is 1. The van der Waals surface area contributed by atoms with Crippen molar-refractivity contribution in [2.75, 3.05) is 26.2 Å². The fourth-order valence-corrected chi connectivity index (χ4v) is 2.14. The van der Waals surface area contributed by atoms with Gasteiger partial charge in [-0.25, -0.2) is 0 Å². The van der Waals surface area contributed by atoms with Crippen LogP contribution in [-0.2, 0) is 11.2 Å². The second kappa shape index (κ2) is 4.93. The molecular formula is C13H20N2O. The Hall–Kier alpha value is -0.930. The molecule has 0 bridgehead atoms. The van der Waals surface area contributed by atoms with Gasteiger partial charge < -0.3 is 4.74 Å². The van der Waals surface area contributed by atoms with Gasteiger partial charge in [0, 0.05) is 32.0 Å². The minimum Gasteiger partial charge on any atom is -0.373 e. The first kappa shape index (κ1) is 11.6. The summed E-state index contributed by atoms with van der Waals surface area (Å²) in [7, 11) is 0. The lowest BCUT2D eigenvalue weighted by Crippen LogP contribution is -2.48. The van der Waals surface area contributed by atoms with E-state index < -0.39 is 0 Å². The Morgan fingerprint density at radius 3 is 2.81 bits per heavy atom. The van der Waals surface area contributed by atoms with Crippen LogP contribution in [0.4, 0.5) is 0 Å². The zero-order valence-corrected chi connectivity index (χ0v) is 10.1. The van der Waals surface area contributed by atoms with Crippen LogP contribution in [0.15, 0.2) is 24.5 Å². The minimum absolute atomic E-state index is 0.0104. The molecule has 88 valence electrons. The van der Waals surface area contributed by atoms with E-state index in [-0.39, 0.29) is 5.60 Å². The Morgan fingerprint density at radius 1 is 1.38 bits per heavy atom. The third-order valence-corrected chi connectivity index (χ3v) is 2.97. The summed E-state index contributed by atoms with van der Waals surface area (Å²) in [5.74, 6) is 0. The first-order valence-electron chi connectivity index (χ1n) is 5.91. The van der Waals surface area contributed by atoms with E-state index in [0.717, 1.165) is 32.7 Å². The highest BCUT2D eigenvalue weighted by Crippen LogP contribution is 2.16. The molecule has 0 unspecified atom stereocenters. The Morgan fingerprint density at radius 2 is 2.12 bits per heavy atom. The molecule has 3 heteroatoms. The fourth-order valence-electron chi connectivity index (χ4n) is 2.14. The molecule has 1 aliphatic heterocycles. The molecule has 0 spiro atoms. The van der Waals surface area contributed by atoms with Crippen molar-refractivity contribution < 1.29 is 4.74 Å². The van der Waals surface area contributed by atoms with E-state index >= 15 is 0 Å². The van der Waals surface area contributed by atoms with Gasteiger partial charge in [-0.15, -0.1) is 0 Å². The van der Waals surface area contributed by atoms with Crippen molar-refractivity contribution in [2.24, 2.45) is 0 Å². The van der Waals surface area contributed by atoms with Crippen LogP contribution in [0.2, 0.25) is 0 Å². The number of ether oxygens (including phenoxy) is 1. The van der Waals surface area contributed by atoms with E-state index in [1.54, 1.807) is 0 Å². The molecule has 16 heavy (non-hydrogen) atoms. The summed E-state index contributed by atoms with van der Waals surface area (Å²) >= 11 is 0. The maximum atomic E-state index is 5.70. The zero-order chi connectivity index (χ0) is 11.4. The summed E-state index contributed by atoms with van der Waals surface area (Å²) in [6.45, 7) is 8.35. The highest BCUT2D eigenvalue weighted by molar-refractivity contribution is 5.09. The van der Waals surface area contributed by atoms with Gasteiger partial charge in [0.05, 0.1) is 12.2 Å². The molecular weight excluding hydrogens is 200 g/mol. The van der Waals surface area contributed by atoms with Crippen molar-refractivity contribution in [1.82, 2.24) is 9.88 Å². The van der Waals surface area contributed by atoms with Crippen LogP contribution in [0.25, 0.3) is 0 Å². The van der Waals surface area contributed by atoms with Gasteiger partial charge in [-0.3, -0.25) is 9.88 Å². The molecule has 0 radical (unpaired) electrons. The number of pyridine rings is 1. The van der Waals surface area contributed by atoms with E-state index in [9.17, 15) is 0 Å². The molecule has 0 atom stereocenters. The molecule has 2 heterocycles. The van der Waals surface area contributed by atoms with Gasteiger partial charge in [-0.1, -0.05) is 0 Å². The largest absolute Gasteiger partial charge is 0.373 e. The molecule has 1 saturated heterocycles. The second-order valence-electron chi connectivity index (χ2n) is 4.99. The van der Waals surface area contributed by atoms with Crippen LogP contribution in [0, 0.1) is 0 Å². The van der Waals surface area contributed by atoms with Crippen LogP contribution in [0.5, 0.6) is 0 Å². The number of morpholine rings is 1. The Balaban J connectivity index is 1.82. The van der Waals surface area contributed by atoms with Crippen molar-refractivity contribution >= 4 is 0 Å². The molecule has 2 rings (SSSR count). The van der Waals surface area contributed by atoms with Crippen LogP contribution in [-0.4, -0.2) is 41.7 Å². The predicted molar refractivity (Wildman–Crippen MR) is 64.4 cm³/mol. The van der Waals surface area contributed by atoms with E-state index in [2.05, 4.69) is 35.9 Å². The highest BCUT2D eigenvalue weighted by Gasteiger charge is 2.26. The first-order valence-corrected chi connectivity index (χ1v) is 5.91. The fraction of sp³-hybridized carbons (Fsp3) is 0.615. The van der Waals surface area contributed by atoms with E-state index in [4.69, 9.17) is 4.74 Å².